The van der Waals surface area contributed by atoms with Crippen LogP contribution in [0.25, 0.3) is 0 Å². The van der Waals surface area contributed by atoms with Crippen molar-refractivity contribution >= 4 is 30.6 Å². The highest BCUT2D eigenvalue weighted by molar-refractivity contribution is 8.71. The van der Waals surface area contributed by atoms with Crippen LogP contribution < -0.4 is 0 Å². The molecule has 0 aromatic heterocycles. The normalized spacial score (nSPS) is 19.4. The fourth-order valence-electron chi connectivity index (χ4n) is 1.44. The number of hydrogen-bond donors (Lipinski definition) is 1. The molecule has 1 aromatic rings. The molecule has 0 bridgehead atoms. The van der Waals surface area contributed by atoms with Gasteiger partial charge in [-0.15, -0.1) is 0 Å². The average molecular weight is 303 g/mol. The topological polar surface area (TPSA) is 66.7 Å². The summed E-state index contributed by atoms with van der Waals surface area (Å²) in [6.45, 7) is 0. The lowest BCUT2D eigenvalue weighted by molar-refractivity contribution is 0.481. The van der Waals surface area contributed by atoms with Gasteiger partial charge in [0.05, 0.1) is 11.4 Å². The summed E-state index contributed by atoms with van der Waals surface area (Å²) in [6, 6.07) is 10.0. The smallest absolute Gasteiger partial charge is 0.264 e. The second-order valence-corrected chi connectivity index (χ2v) is 8.43. The van der Waals surface area contributed by atoms with Gasteiger partial charge in [-0.25, -0.2) is 4.36 Å². The minimum absolute atomic E-state index is 0.205. The summed E-state index contributed by atoms with van der Waals surface area (Å²) >= 11 is 0. The van der Waals surface area contributed by atoms with Crippen molar-refractivity contribution in [2.24, 2.45) is 4.36 Å². The van der Waals surface area contributed by atoms with Gasteiger partial charge in [-0.05, 0) is 45.5 Å². The Hall–Kier alpha value is -0.630. The van der Waals surface area contributed by atoms with Crippen LogP contribution in [-0.2, 0) is 19.8 Å². The van der Waals surface area contributed by atoms with Crippen LogP contribution in [0.5, 0.6) is 0 Å². The van der Waals surface area contributed by atoms with Crippen molar-refractivity contribution in [3.8, 4) is 0 Å². The molecule has 1 aliphatic heterocycles. The summed E-state index contributed by atoms with van der Waals surface area (Å²) in [6.07, 6.45) is 0.990. The van der Waals surface area contributed by atoms with Gasteiger partial charge in [0.15, 0.2) is 0 Å². The number of benzene rings is 1. The molecule has 0 aliphatic carbocycles. The molecule has 2 rings (SSSR count). The minimum atomic E-state index is -3.85. The summed E-state index contributed by atoms with van der Waals surface area (Å²) in [5, 5.41) is 1.97. The second-order valence-electron chi connectivity index (χ2n) is 3.75. The van der Waals surface area contributed by atoms with Crippen molar-refractivity contribution in [2.75, 3.05) is 5.75 Å². The SMILES string of the molecule is O=S(=O)(O)CCCC1=CSS(c2ccccc2)=N1. The van der Waals surface area contributed by atoms with Crippen LogP contribution in [0.2, 0.25) is 0 Å². The zero-order valence-corrected chi connectivity index (χ0v) is 12.0. The molecule has 0 amide bonds. The maximum Gasteiger partial charge on any atom is 0.264 e. The molecule has 0 spiro atoms. The van der Waals surface area contributed by atoms with Gasteiger partial charge in [-0.2, -0.15) is 8.42 Å². The van der Waals surface area contributed by atoms with E-state index in [-0.39, 0.29) is 15.5 Å². The molecule has 1 heterocycles. The molecule has 1 atom stereocenters. The third-order valence-electron chi connectivity index (χ3n) is 2.26. The predicted octanol–water partition coefficient (Wildman–Crippen LogP) is 3.02. The Bertz CT molecular complexity index is 579. The van der Waals surface area contributed by atoms with E-state index in [2.05, 4.69) is 4.36 Å². The van der Waals surface area contributed by atoms with Crippen LogP contribution in [0, 0.1) is 0 Å². The van der Waals surface area contributed by atoms with E-state index in [1.807, 2.05) is 35.7 Å². The Labute approximate surface area is 113 Å². The largest absolute Gasteiger partial charge is 0.286 e. The molecule has 4 nitrogen and oxygen atoms in total. The molecule has 0 saturated carbocycles. The summed E-state index contributed by atoms with van der Waals surface area (Å²) in [4.78, 5) is 1.17. The maximum absolute atomic E-state index is 10.6. The monoisotopic (exact) mass is 303 g/mol. The first-order valence-electron chi connectivity index (χ1n) is 5.37. The van der Waals surface area contributed by atoms with Crippen molar-refractivity contribution < 1.29 is 13.0 Å². The van der Waals surface area contributed by atoms with Crippen LogP contribution in [-0.4, -0.2) is 18.7 Å². The number of allylic oxidation sites excluding steroid dienone is 1. The summed E-state index contributed by atoms with van der Waals surface area (Å²) < 4.78 is 34.4. The number of hydrogen-bond acceptors (Lipinski definition) is 4. The van der Waals surface area contributed by atoms with E-state index in [0.717, 1.165) is 5.70 Å². The third-order valence-corrected chi connectivity index (χ3v) is 6.32. The summed E-state index contributed by atoms with van der Waals surface area (Å²) in [5.74, 6) is -0.205. The Kier molecular flexibility index (Phi) is 4.60. The standard InChI is InChI=1S/C11H13NO3S3/c13-18(14,15)8-4-5-10-9-16-17(12-10)11-6-2-1-3-7-11/h1-3,6-7,9H,4-5,8H2,(H,13,14,15). The van der Waals surface area contributed by atoms with Gasteiger partial charge < -0.3 is 0 Å². The van der Waals surface area contributed by atoms with Crippen LogP contribution in [0.4, 0.5) is 0 Å². The second kappa shape index (κ2) is 6.01. The highest BCUT2D eigenvalue weighted by Gasteiger charge is 2.11. The lowest BCUT2D eigenvalue weighted by atomic mass is 10.3. The molecule has 0 radical (unpaired) electrons. The number of rotatable bonds is 5. The van der Waals surface area contributed by atoms with E-state index in [1.165, 1.54) is 4.90 Å². The van der Waals surface area contributed by atoms with Gasteiger partial charge in [0, 0.05) is 10.3 Å². The van der Waals surface area contributed by atoms with Crippen molar-refractivity contribution in [1.29, 1.82) is 0 Å². The molecule has 0 fully saturated rings. The van der Waals surface area contributed by atoms with E-state index in [9.17, 15) is 8.42 Å². The van der Waals surface area contributed by atoms with E-state index < -0.39 is 10.1 Å². The molecule has 1 aliphatic rings. The fourth-order valence-corrected chi connectivity index (χ4v) is 5.08. The van der Waals surface area contributed by atoms with Crippen LogP contribution in [0.15, 0.2) is 50.7 Å². The maximum atomic E-state index is 10.6. The quantitative estimate of drug-likeness (QED) is 0.670. The Morgan fingerprint density at radius 2 is 2.00 bits per heavy atom. The first-order chi connectivity index (χ1) is 8.54. The van der Waals surface area contributed by atoms with Gasteiger partial charge in [-0.1, -0.05) is 18.2 Å². The zero-order chi connectivity index (χ0) is 13.0. The first kappa shape index (κ1) is 13.8. The molecule has 98 valence electrons. The Morgan fingerprint density at radius 1 is 1.28 bits per heavy atom. The lowest BCUT2D eigenvalue weighted by Gasteiger charge is -1.99. The molecular weight excluding hydrogens is 290 g/mol. The van der Waals surface area contributed by atoms with E-state index in [1.54, 1.807) is 10.8 Å². The lowest BCUT2D eigenvalue weighted by Crippen LogP contribution is -2.03. The van der Waals surface area contributed by atoms with E-state index in [4.69, 9.17) is 4.55 Å². The highest BCUT2D eigenvalue weighted by atomic mass is 33.1. The molecular formula is C11H13NO3S3. The molecule has 7 heteroatoms. The van der Waals surface area contributed by atoms with E-state index >= 15 is 0 Å². The van der Waals surface area contributed by atoms with Crippen LogP contribution in [0.3, 0.4) is 0 Å². The van der Waals surface area contributed by atoms with Gasteiger partial charge in [-0.3, -0.25) is 4.55 Å². The zero-order valence-electron chi connectivity index (χ0n) is 9.52. The van der Waals surface area contributed by atoms with Crippen LogP contribution >= 0.6 is 10.8 Å². The molecule has 1 aromatic carbocycles. The third kappa shape index (κ3) is 4.24. The van der Waals surface area contributed by atoms with Crippen LogP contribution in [0.1, 0.15) is 12.8 Å². The highest BCUT2D eigenvalue weighted by Crippen LogP contribution is 2.32. The minimum Gasteiger partial charge on any atom is -0.286 e. The molecule has 0 saturated heterocycles. The van der Waals surface area contributed by atoms with Gasteiger partial charge in [0.2, 0.25) is 0 Å². The predicted molar refractivity (Wildman–Crippen MR) is 75.8 cm³/mol. The van der Waals surface area contributed by atoms with E-state index in [0.29, 0.717) is 12.8 Å². The van der Waals surface area contributed by atoms with Crippen molar-refractivity contribution in [1.82, 2.24) is 0 Å². The molecule has 1 N–H and O–H groups in total. The van der Waals surface area contributed by atoms with Crippen molar-refractivity contribution in [3.63, 3.8) is 0 Å². The Balaban J connectivity index is 1.92. The number of nitrogens with zero attached hydrogens (tertiary/aromatic N) is 1. The fraction of sp³-hybridized carbons (Fsp3) is 0.273. The molecule has 18 heavy (non-hydrogen) atoms. The molecule has 1 unspecified atom stereocenters. The van der Waals surface area contributed by atoms with Crippen molar-refractivity contribution in [2.45, 2.75) is 17.7 Å². The van der Waals surface area contributed by atoms with Gasteiger partial charge >= 0.3 is 0 Å². The average Bonchev–Trinajstić information content (AvgIpc) is 2.77. The summed E-state index contributed by atoms with van der Waals surface area (Å²) in [5.41, 5.74) is 0.913. The van der Waals surface area contributed by atoms with Crippen molar-refractivity contribution in [3.05, 3.63) is 41.4 Å². The van der Waals surface area contributed by atoms with Gasteiger partial charge in [0.25, 0.3) is 10.1 Å². The Morgan fingerprint density at radius 3 is 2.67 bits per heavy atom. The summed E-state index contributed by atoms with van der Waals surface area (Å²) in [7, 11) is -2.41. The van der Waals surface area contributed by atoms with Gasteiger partial charge in [0.1, 0.15) is 0 Å². The first-order valence-corrected chi connectivity index (χ1v) is 9.56.